The van der Waals surface area contributed by atoms with E-state index in [9.17, 15) is 23.1 Å². The van der Waals surface area contributed by atoms with Crippen LogP contribution < -0.4 is 4.65 Å². The molecule has 0 bridgehead atoms. The zero-order chi connectivity index (χ0) is 24.7. The molecule has 8 nitrogen and oxygen atoms in total. The van der Waals surface area contributed by atoms with Gasteiger partial charge in [0, 0.05) is 38.4 Å². The topological polar surface area (TPSA) is 106 Å². The molecule has 2 saturated heterocycles. The number of aromatic nitrogens is 1. The van der Waals surface area contributed by atoms with Gasteiger partial charge in [0.2, 0.25) is 0 Å². The minimum absolute atomic E-state index is 0.0329. The van der Waals surface area contributed by atoms with Crippen molar-refractivity contribution >= 4 is 24.8 Å². The highest BCUT2D eigenvalue weighted by molar-refractivity contribution is 6.37. The average molecular weight is 500 g/mol. The highest BCUT2D eigenvalue weighted by Crippen LogP contribution is 2.37. The van der Waals surface area contributed by atoms with Crippen molar-refractivity contribution in [1.29, 1.82) is 0 Å². The molecule has 2 atom stereocenters. The molecule has 2 aliphatic rings. The number of benzene rings is 1. The van der Waals surface area contributed by atoms with Crippen molar-refractivity contribution in [2.45, 2.75) is 30.7 Å². The molecule has 0 spiro atoms. The molecule has 34 heavy (non-hydrogen) atoms. The summed E-state index contributed by atoms with van der Waals surface area (Å²) in [6.45, 7) is 1.36. The van der Waals surface area contributed by atoms with E-state index in [1.165, 1.54) is 24.3 Å². The summed E-state index contributed by atoms with van der Waals surface area (Å²) >= 11 is 6.23. The van der Waals surface area contributed by atoms with Crippen molar-refractivity contribution in [3.63, 3.8) is 0 Å². The third-order valence-corrected chi connectivity index (χ3v) is 6.63. The number of hydrogen-bond acceptors (Lipinski definition) is 7. The van der Waals surface area contributed by atoms with Crippen LogP contribution in [-0.2, 0) is 11.8 Å². The van der Waals surface area contributed by atoms with Crippen molar-refractivity contribution < 1.29 is 37.8 Å². The Kier molecular flexibility index (Phi) is 6.80. The Morgan fingerprint density at radius 3 is 2.65 bits per heavy atom. The maximum Gasteiger partial charge on any atom is 0.707 e. The number of alkyl halides is 3. The summed E-state index contributed by atoms with van der Waals surface area (Å²) < 4.78 is 43.3. The smallest absolute Gasteiger partial charge is 0.511 e. The molecule has 2 aromatic rings. The number of rotatable bonds is 4. The van der Waals surface area contributed by atoms with Crippen LogP contribution in [0.4, 0.5) is 13.2 Å². The second-order valence-corrected chi connectivity index (χ2v) is 8.82. The molecule has 3 heterocycles. The van der Waals surface area contributed by atoms with Crippen molar-refractivity contribution in [2.24, 2.45) is 0 Å². The Hall–Kier alpha value is -2.38. The number of nitrogens with zero attached hydrogens (tertiary/aromatic N) is 3. The van der Waals surface area contributed by atoms with Crippen molar-refractivity contribution in [1.82, 2.24) is 14.8 Å². The van der Waals surface area contributed by atoms with Gasteiger partial charge >= 0.3 is 13.5 Å². The van der Waals surface area contributed by atoms with E-state index in [0.29, 0.717) is 26.1 Å². The van der Waals surface area contributed by atoms with E-state index >= 15 is 0 Å². The van der Waals surface area contributed by atoms with Crippen LogP contribution in [0.15, 0.2) is 36.5 Å². The molecule has 182 valence electrons. The van der Waals surface area contributed by atoms with Crippen molar-refractivity contribution in [2.75, 3.05) is 26.2 Å². The highest BCUT2D eigenvalue weighted by Gasteiger charge is 2.43. The first-order chi connectivity index (χ1) is 16.0. The van der Waals surface area contributed by atoms with E-state index in [0.717, 1.165) is 12.3 Å². The van der Waals surface area contributed by atoms with Crippen molar-refractivity contribution in [3.8, 4) is 5.75 Å². The van der Waals surface area contributed by atoms with Gasteiger partial charge < -0.3 is 24.7 Å². The molecule has 3 N–H and O–H groups in total. The van der Waals surface area contributed by atoms with Gasteiger partial charge in [-0.3, -0.25) is 14.7 Å². The van der Waals surface area contributed by atoms with Crippen LogP contribution >= 0.6 is 11.6 Å². The largest absolute Gasteiger partial charge is 0.707 e. The van der Waals surface area contributed by atoms with Crippen molar-refractivity contribution in [3.05, 3.63) is 58.4 Å². The monoisotopic (exact) mass is 499 g/mol. The van der Waals surface area contributed by atoms with Gasteiger partial charge in [0.25, 0.3) is 5.91 Å². The average Bonchev–Trinajstić information content (AvgIpc) is 2.79. The summed E-state index contributed by atoms with van der Waals surface area (Å²) in [6.07, 6.45) is -2.97. The van der Waals surface area contributed by atoms with E-state index in [1.54, 1.807) is 4.90 Å². The summed E-state index contributed by atoms with van der Waals surface area (Å²) in [5, 5.41) is 29.1. The quantitative estimate of drug-likeness (QED) is 0.552. The number of fused-ring (bicyclic) bond motifs is 1. The van der Waals surface area contributed by atoms with Crippen LogP contribution in [0.2, 0.25) is 5.02 Å². The predicted octanol–water partition coefficient (Wildman–Crippen LogP) is 1.91. The van der Waals surface area contributed by atoms with E-state index in [-0.39, 0.29) is 46.9 Å². The van der Waals surface area contributed by atoms with Gasteiger partial charge in [-0.2, -0.15) is 13.2 Å². The molecule has 1 aromatic heterocycles. The Balaban J connectivity index is 1.44. The van der Waals surface area contributed by atoms with Gasteiger partial charge in [-0.1, -0.05) is 17.7 Å². The summed E-state index contributed by atoms with van der Waals surface area (Å²) in [5.74, 6) is -0.374. The van der Waals surface area contributed by atoms with Crippen LogP contribution in [-0.4, -0.2) is 75.4 Å². The lowest BCUT2D eigenvalue weighted by atomic mass is 9.84. The Morgan fingerprint density at radius 1 is 1.24 bits per heavy atom. The van der Waals surface area contributed by atoms with Gasteiger partial charge in [0.15, 0.2) is 0 Å². The summed E-state index contributed by atoms with van der Waals surface area (Å²) in [7, 11) is -2.08. The molecule has 0 radical (unpaired) electrons. The lowest BCUT2D eigenvalue weighted by molar-refractivity contribution is -0.138. The number of piperazine rings is 1. The van der Waals surface area contributed by atoms with Crippen LogP contribution in [0.1, 0.15) is 34.5 Å². The first-order valence-electron chi connectivity index (χ1n) is 10.6. The zero-order valence-electron chi connectivity index (χ0n) is 17.9. The van der Waals surface area contributed by atoms with Gasteiger partial charge in [-0.05, 0) is 37.1 Å². The molecule has 0 aliphatic carbocycles. The molecular weight excluding hydrogens is 478 g/mol. The first kappa shape index (κ1) is 24.7. The SMILES string of the molecule is O=C(c1cccc(OB(O)O)c1Cl)N1CCN2C[C@@](O)(c3ccc(C(F)(F)F)cn3)CC[C@@H]2C1. The standard InChI is InChI=1S/C21H22BClF3N3O5/c23-18-15(2-1-3-16(18)34-22(32)33)19(30)28-8-9-29-12-20(31,7-6-14(29)11-28)17-5-4-13(10-27-17)21(24,25)26/h1-5,10,14,31-33H,6-9,11-12H2/t14-,20-/m1/s1. The molecule has 0 unspecified atom stereocenters. The summed E-state index contributed by atoms with van der Waals surface area (Å²) in [4.78, 5) is 20.6. The Bertz CT molecular complexity index is 1060. The van der Waals surface area contributed by atoms with Gasteiger partial charge in [-0.15, -0.1) is 0 Å². The molecule has 13 heteroatoms. The maximum absolute atomic E-state index is 13.1. The fourth-order valence-electron chi connectivity index (χ4n) is 4.48. The van der Waals surface area contributed by atoms with E-state index in [4.69, 9.17) is 26.3 Å². The molecule has 2 aliphatic heterocycles. The number of halogens is 4. The molecule has 2 fully saturated rings. The van der Waals surface area contributed by atoms with Crippen LogP contribution in [0.25, 0.3) is 0 Å². The predicted molar refractivity (Wildman–Crippen MR) is 116 cm³/mol. The van der Waals surface area contributed by atoms with E-state index in [1.807, 2.05) is 4.90 Å². The third kappa shape index (κ3) is 5.01. The molecular formula is C21H22BClF3N3O5. The number of carbonyl (C=O) groups is 1. The molecule has 1 amide bonds. The maximum atomic E-state index is 13.1. The summed E-state index contributed by atoms with van der Waals surface area (Å²) in [6, 6.07) is 6.52. The third-order valence-electron chi connectivity index (χ3n) is 6.24. The molecule has 4 rings (SSSR count). The number of piperidine rings is 1. The minimum atomic E-state index is -4.50. The van der Waals surface area contributed by atoms with E-state index < -0.39 is 24.7 Å². The lowest BCUT2D eigenvalue weighted by Gasteiger charge is -2.49. The van der Waals surface area contributed by atoms with Gasteiger partial charge in [-0.25, -0.2) is 0 Å². The second-order valence-electron chi connectivity index (χ2n) is 8.44. The fourth-order valence-corrected chi connectivity index (χ4v) is 4.73. The van der Waals surface area contributed by atoms with E-state index in [2.05, 4.69) is 4.98 Å². The number of amides is 1. The fraction of sp³-hybridized carbons (Fsp3) is 0.429. The van der Waals surface area contributed by atoms with Crippen LogP contribution in [0, 0.1) is 0 Å². The summed E-state index contributed by atoms with van der Waals surface area (Å²) in [5.41, 5.74) is -1.91. The minimum Gasteiger partial charge on any atom is -0.511 e. The first-order valence-corrected chi connectivity index (χ1v) is 11.0. The Morgan fingerprint density at radius 2 is 2.00 bits per heavy atom. The van der Waals surface area contributed by atoms with Gasteiger partial charge in [0.1, 0.15) is 11.4 Å². The number of pyridine rings is 1. The number of carbonyl (C=O) groups excluding carboxylic acids is 1. The zero-order valence-corrected chi connectivity index (χ0v) is 18.6. The second kappa shape index (κ2) is 9.35. The highest BCUT2D eigenvalue weighted by atomic mass is 35.5. The van der Waals surface area contributed by atoms with Gasteiger partial charge in [0.05, 0.1) is 21.8 Å². The number of hydrogen-bond donors (Lipinski definition) is 3. The Labute approximate surface area is 198 Å². The normalized spacial score (nSPS) is 23.4. The molecule has 1 aromatic carbocycles. The lowest BCUT2D eigenvalue weighted by Crippen LogP contribution is -2.60. The van der Waals surface area contributed by atoms with Crippen LogP contribution in [0.3, 0.4) is 0 Å². The molecule has 0 saturated carbocycles. The number of aliphatic hydroxyl groups is 1. The van der Waals surface area contributed by atoms with Crippen LogP contribution in [0.5, 0.6) is 5.75 Å².